The maximum absolute atomic E-state index is 4.12. The summed E-state index contributed by atoms with van der Waals surface area (Å²) in [6.45, 7) is 5.49. The Labute approximate surface area is 149 Å². The molecule has 1 N–H and O–H groups in total. The van der Waals surface area contributed by atoms with Gasteiger partial charge in [0, 0.05) is 30.9 Å². The minimum absolute atomic E-state index is 0.579. The second-order valence-electron chi connectivity index (χ2n) is 7.10. The van der Waals surface area contributed by atoms with E-state index in [-0.39, 0.29) is 0 Å². The average Bonchev–Trinajstić information content (AvgIpc) is 3.17. The highest BCUT2D eigenvalue weighted by atomic mass is 15.1. The van der Waals surface area contributed by atoms with Crippen LogP contribution in [0.4, 0.5) is 0 Å². The number of nitrogens with zero attached hydrogens (tertiary/aromatic N) is 2. The highest BCUT2D eigenvalue weighted by Crippen LogP contribution is 2.28. The fraction of sp³-hybridized carbons (Fsp3) is 0.318. The highest BCUT2D eigenvalue weighted by molar-refractivity contribution is 5.67. The van der Waals surface area contributed by atoms with Gasteiger partial charge in [-0.15, -0.1) is 0 Å². The Morgan fingerprint density at radius 3 is 2.88 bits per heavy atom. The summed E-state index contributed by atoms with van der Waals surface area (Å²) in [6, 6.07) is 19.7. The fourth-order valence-corrected chi connectivity index (χ4v) is 3.94. The number of benzene rings is 2. The maximum atomic E-state index is 4.12. The van der Waals surface area contributed by atoms with Crippen LogP contribution in [-0.4, -0.2) is 28.2 Å². The summed E-state index contributed by atoms with van der Waals surface area (Å²) < 4.78 is 0. The zero-order chi connectivity index (χ0) is 17.1. The molecule has 3 nitrogen and oxygen atoms in total. The van der Waals surface area contributed by atoms with Crippen LogP contribution >= 0.6 is 0 Å². The van der Waals surface area contributed by atoms with Crippen LogP contribution in [0.25, 0.3) is 11.1 Å². The van der Waals surface area contributed by atoms with Gasteiger partial charge in [0.15, 0.2) is 0 Å². The van der Waals surface area contributed by atoms with Crippen LogP contribution in [0.1, 0.15) is 35.6 Å². The van der Waals surface area contributed by atoms with Crippen molar-refractivity contribution in [2.45, 2.75) is 32.2 Å². The Bertz CT molecular complexity index is 823. The molecule has 4 rings (SSSR count). The Balaban J connectivity index is 1.49. The SMILES string of the molecule is Cc1ccccc1-c1cccc(CN2CCCC(c3ccn[nH]3)C2)c1. The minimum atomic E-state index is 0.579. The van der Waals surface area contributed by atoms with Crippen molar-refractivity contribution >= 4 is 0 Å². The normalized spacial score (nSPS) is 18.4. The lowest BCUT2D eigenvalue weighted by molar-refractivity contribution is 0.198. The molecule has 25 heavy (non-hydrogen) atoms. The molecule has 2 heterocycles. The Hall–Kier alpha value is -2.39. The number of piperidine rings is 1. The molecule has 1 aromatic heterocycles. The number of likely N-dealkylation sites (tertiary alicyclic amines) is 1. The Morgan fingerprint density at radius 2 is 2.04 bits per heavy atom. The topological polar surface area (TPSA) is 31.9 Å². The van der Waals surface area contributed by atoms with Crippen LogP contribution < -0.4 is 0 Å². The minimum Gasteiger partial charge on any atom is -0.298 e. The Morgan fingerprint density at radius 1 is 1.12 bits per heavy atom. The molecule has 3 aromatic rings. The van der Waals surface area contributed by atoms with E-state index in [1.165, 1.54) is 47.3 Å². The molecule has 0 saturated carbocycles. The van der Waals surface area contributed by atoms with E-state index in [1.54, 1.807) is 0 Å². The van der Waals surface area contributed by atoms with Crippen molar-refractivity contribution in [1.29, 1.82) is 0 Å². The summed E-state index contributed by atoms with van der Waals surface area (Å²) in [6.07, 6.45) is 4.36. The van der Waals surface area contributed by atoms with Gasteiger partial charge in [-0.3, -0.25) is 10.00 Å². The number of aromatic amines is 1. The van der Waals surface area contributed by atoms with Crippen LogP contribution in [0.15, 0.2) is 60.8 Å². The highest BCUT2D eigenvalue weighted by Gasteiger charge is 2.22. The molecule has 0 spiro atoms. The lowest BCUT2D eigenvalue weighted by Gasteiger charge is -2.32. The molecule has 1 unspecified atom stereocenters. The van der Waals surface area contributed by atoms with Crippen molar-refractivity contribution in [3.05, 3.63) is 77.6 Å². The van der Waals surface area contributed by atoms with Gasteiger partial charge in [0.05, 0.1) is 0 Å². The number of H-pyrrole nitrogens is 1. The van der Waals surface area contributed by atoms with E-state index in [9.17, 15) is 0 Å². The lowest BCUT2D eigenvalue weighted by Crippen LogP contribution is -2.34. The van der Waals surface area contributed by atoms with Crippen molar-refractivity contribution in [3.63, 3.8) is 0 Å². The van der Waals surface area contributed by atoms with Gasteiger partial charge in [0.2, 0.25) is 0 Å². The van der Waals surface area contributed by atoms with Crippen molar-refractivity contribution in [1.82, 2.24) is 15.1 Å². The summed E-state index contributed by atoms with van der Waals surface area (Å²) >= 11 is 0. The van der Waals surface area contributed by atoms with E-state index >= 15 is 0 Å². The molecule has 1 aliphatic heterocycles. The number of rotatable bonds is 4. The first-order valence-electron chi connectivity index (χ1n) is 9.16. The summed E-state index contributed by atoms with van der Waals surface area (Å²) in [5.41, 5.74) is 6.65. The van der Waals surface area contributed by atoms with E-state index in [2.05, 4.69) is 76.6 Å². The number of hydrogen-bond donors (Lipinski definition) is 1. The standard InChI is InChI=1S/C22H25N3/c1-17-6-2-3-10-21(17)19-8-4-7-18(14-19)15-25-13-5-9-20(16-25)22-11-12-23-24-22/h2-4,6-8,10-12,14,20H,5,9,13,15-16H2,1H3,(H,23,24). The van der Waals surface area contributed by atoms with Crippen LogP contribution in [0.2, 0.25) is 0 Å². The maximum Gasteiger partial charge on any atom is 0.0490 e. The van der Waals surface area contributed by atoms with Gasteiger partial charge in [-0.1, -0.05) is 42.5 Å². The molecule has 1 aliphatic rings. The molecular formula is C22H25N3. The molecule has 0 radical (unpaired) electrons. The molecule has 0 bridgehead atoms. The van der Waals surface area contributed by atoms with E-state index < -0.39 is 0 Å². The molecule has 1 fully saturated rings. The van der Waals surface area contributed by atoms with Gasteiger partial charge >= 0.3 is 0 Å². The quantitative estimate of drug-likeness (QED) is 0.747. The van der Waals surface area contributed by atoms with E-state index in [1.807, 2.05) is 6.20 Å². The number of aryl methyl sites for hydroxylation is 1. The molecule has 2 aromatic carbocycles. The van der Waals surface area contributed by atoms with Gasteiger partial charge in [-0.05, 0) is 60.7 Å². The van der Waals surface area contributed by atoms with Crippen molar-refractivity contribution in [3.8, 4) is 11.1 Å². The van der Waals surface area contributed by atoms with Gasteiger partial charge in [0.1, 0.15) is 0 Å². The summed E-state index contributed by atoms with van der Waals surface area (Å²) in [7, 11) is 0. The van der Waals surface area contributed by atoms with Crippen molar-refractivity contribution in [2.75, 3.05) is 13.1 Å². The second-order valence-corrected chi connectivity index (χ2v) is 7.10. The van der Waals surface area contributed by atoms with Crippen molar-refractivity contribution < 1.29 is 0 Å². The zero-order valence-corrected chi connectivity index (χ0v) is 14.8. The average molecular weight is 331 g/mol. The van der Waals surface area contributed by atoms with Gasteiger partial charge in [0.25, 0.3) is 0 Å². The van der Waals surface area contributed by atoms with Crippen LogP contribution in [0.5, 0.6) is 0 Å². The predicted octanol–water partition coefficient (Wildman–Crippen LogP) is 4.76. The fourth-order valence-electron chi connectivity index (χ4n) is 3.94. The van der Waals surface area contributed by atoms with E-state index in [0.29, 0.717) is 5.92 Å². The Kier molecular flexibility index (Phi) is 4.66. The zero-order valence-electron chi connectivity index (χ0n) is 14.8. The van der Waals surface area contributed by atoms with E-state index in [4.69, 9.17) is 0 Å². The number of hydrogen-bond acceptors (Lipinski definition) is 2. The van der Waals surface area contributed by atoms with Crippen LogP contribution in [-0.2, 0) is 6.54 Å². The van der Waals surface area contributed by atoms with Gasteiger partial charge in [-0.25, -0.2) is 0 Å². The van der Waals surface area contributed by atoms with E-state index in [0.717, 1.165) is 13.1 Å². The largest absolute Gasteiger partial charge is 0.298 e. The van der Waals surface area contributed by atoms with Crippen LogP contribution in [0.3, 0.4) is 0 Å². The second kappa shape index (κ2) is 7.24. The smallest absolute Gasteiger partial charge is 0.0490 e. The third kappa shape index (κ3) is 3.67. The third-order valence-corrected chi connectivity index (χ3v) is 5.26. The molecule has 0 amide bonds. The number of nitrogens with one attached hydrogen (secondary N) is 1. The summed E-state index contributed by atoms with van der Waals surface area (Å²) in [4.78, 5) is 2.58. The van der Waals surface area contributed by atoms with Gasteiger partial charge < -0.3 is 0 Å². The molecule has 128 valence electrons. The summed E-state index contributed by atoms with van der Waals surface area (Å²) in [5.74, 6) is 0.579. The van der Waals surface area contributed by atoms with Crippen molar-refractivity contribution in [2.24, 2.45) is 0 Å². The number of aromatic nitrogens is 2. The molecular weight excluding hydrogens is 306 g/mol. The predicted molar refractivity (Wildman–Crippen MR) is 102 cm³/mol. The molecule has 1 saturated heterocycles. The molecule has 0 aliphatic carbocycles. The molecule has 3 heteroatoms. The third-order valence-electron chi connectivity index (χ3n) is 5.26. The molecule has 1 atom stereocenters. The first-order valence-corrected chi connectivity index (χ1v) is 9.16. The van der Waals surface area contributed by atoms with Crippen LogP contribution in [0, 0.1) is 6.92 Å². The lowest BCUT2D eigenvalue weighted by atomic mass is 9.94. The van der Waals surface area contributed by atoms with Gasteiger partial charge in [-0.2, -0.15) is 5.10 Å². The first-order chi connectivity index (χ1) is 12.3. The first kappa shape index (κ1) is 16.1. The summed E-state index contributed by atoms with van der Waals surface area (Å²) in [5, 5.41) is 7.27. The monoisotopic (exact) mass is 331 g/mol.